The van der Waals surface area contributed by atoms with Gasteiger partial charge in [-0.3, -0.25) is 9.78 Å². The highest BCUT2D eigenvalue weighted by Gasteiger charge is 2.36. The molecule has 186 valence electrons. The van der Waals surface area contributed by atoms with Crippen molar-refractivity contribution in [1.82, 2.24) is 14.9 Å². The summed E-state index contributed by atoms with van der Waals surface area (Å²) in [7, 11) is 0. The van der Waals surface area contributed by atoms with Gasteiger partial charge in [0.1, 0.15) is 16.1 Å². The number of aromatic nitrogens is 2. The lowest BCUT2D eigenvalue weighted by Crippen LogP contribution is -2.44. The van der Waals surface area contributed by atoms with E-state index in [2.05, 4.69) is 27.0 Å². The zero-order valence-corrected chi connectivity index (χ0v) is 20.6. The molecule has 0 saturated carbocycles. The number of amides is 1. The molecule has 5 rings (SSSR count). The Kier molecular flexibility index (Phi) is 6.20. The van der Waals surface area contributed by atoms with E-state index < -0.39 is 6.36 Å². The van der Waals surface area contributed by atoms with E-state index in [9.17, 15) is 18.0 Å². The number of halogens is 3. The van der Waals surface area contributed by atoms with Crippen LogP contribution in [-0.4, -0.2) is 40.2 Å². The smallest absolute Gasteiger partial charge is 0.406 e. The maximum Gasteiger partial charge on any atom is 0.573 e. The monoisotopic (exact) mass is 511 g/mol. The minimum atomic E-state index is -4.74. The lowest BCUT2D eigenvalue weighted by atomic mass is 9.75. The molecule has 5 nitrogen and oxygen atoms in total. The third kappa shape index (κ3) is 4.67. The Morgan fingerprint density at radius 2 is 1.75 bits per heavy atom. The van der Waals surface area contributed by atoms with E-state index in [4.69, 9.17) is 0 Å². The Bertz CT molecular complexity index is 1410. The van der Waals surface area contributed by atoms with Gasteiger partial charge in [-0.15, -0.1) is 24.5 Å². The highest BCUT2D eigenvalue weighted by atomic mass is 32.1. The lowest BCUT2D eigenvalue weighted by molar-refractivity contribution is -0.274. The third-order valence-electron chi connectivity index (χ3n) is 6.98. The van der Waals surface area contributed by atoms with Crippen LogP contribution in [0.4, 0.5) is 13.2 Å². The number of alkyl halides is 3. The van der Waals surface area contributed by atoms with Crippen LogP contribution in [0, 0.1) is 6.92 Å². The van der Waals surface area contributed by atoms with Gasteiger partial charge in [-0.05, 0) is 71.0 Å². The topological polar surface area (TPSA) is 55.3 Å². The van der Waals surface area contributed by atoms with E-state index in [1.165, 1.54) is 17.7 Å². The molecule has 1 aliphatic heterocycles. The van der Waals surface area contributed by atoms with Gasteiger partial charge in [0.2, 0.25) is 0 Å². The van der Waals surface area contributed by atoms with Crippen LogP contribution in [0.5, 0.6) is 5.75 Å². The minimum absolute atomic E-state index is 0.0385. The van der Waals surface area contributed by atoms with Crippen LogP contribution in [0.25, 0.3) is 21.5 Å². The molecular weight excluding hydrogens is 487 g/mol. The van der Waals surface area contributed by atoms with Crippen molar-refractivity contribution >= 4 is 27.6 Å². The number of rotatable bonds is 4. The number of likely N-dealkylation sites (tertiary alicyclic amines) is 1. The van der Waals surface area contributed by atoms with Crippen molar-refractivity contribution in [3.05, 3.63) is 76.9 Å². The summed E-state index contributed by atoms with van der Waals surface area (Å²) < 4.78 is 41.4. The quantitative estimate of drug-likeness (QED) is 0.304. The molecule has 4 aromatic rings. The van der Waals surface area contributed by atoms with Gasteiger partial charge in [0.25, 0.3) is 5.91 Å². The Labute approximate surface area is 210 Å². The predicted octanol–water partition coefficient (Wildman–Crippen LogP) is 6.76. The molecule has 0 radical (unpaired) electrons. The van der Waals surface area contributed by atoms with Gasteiger partial charge >= 0.3 is 6.36 Å². The average Bonchev–Trinajstić information content (AvgIpc) is 3.29. The van der Waals surface area contributed by atoms with E-state index in [0.717, 1.165) is 34.3 Å². The summed E-state index contributed by atoms with van der Waals surface area (Å²) in [6, 6.07) is 11.2. The number of piperidine rings is 1. The number of ether oxygens (including phenoxy) is 1. The van der Waals surface area contributed by atoms with Crippen LogP contribution in [0.1, 0.15) is 41.3 Å². The van der Waals surface area contributed by atoms with Crippen molar-refractivity contribution in [3.63, 3.8) is 0 Å². The van der Waals surface area contributed by atoms with Crippen molar-refractivity contribution < 1.29 is 22.7 Å². The lowest BCUT2D eigenvalue weighted by Gasteiger charge is -2.39. The molecule has 3 heterocycles. The minimum Gasteiger partial charge on any atom is -0.406 e. The molecule has 1 aliphatic rings. The summed E-state index contributed by atoms with van der Waals surface area (Å²) >= 11 is 1.60. The summed E-state index contributed by atoms with van der Waals surface area (Å²) in [5.41, 5.74) is 4.96. The Balaban J connectivity index is 1.33. The summed E-state index contributed by atoms with van der Waals surface area (Å²) in [6.45, 7) is 5.34. The van der Waals surface area contributed by atoms with Crippen molar-refractivity contribution in [2.75, 3.05) is 13.1 Å². The van der Waals surface area contributed by atoms with Crippen molar-refractivity contribution in [1.29, 1.82) is 0 Å². The SMILES string of the molecule is Cc1c(C(=O)N2CCC(C)(c3csc4nccnc34)CC2)cccc1-c1ccc(OC(F)(F)F)cc1. The first-order valence-electron chi connectivity index (χ1n) is 11.6. The molecule has 2 aromatic heterocycles. The second-order valence-electron chi connectivity index (χ2n) is 9.26. The summed E-state index contributed by atoms with van der Waals surface area (Å²) in [6.07, 6.45) is 0.319. The number of fused-ring (bicyclic) bond motifs is 1. The van der Waals surface area contributed by atoms with Crippen LogP contribution < -0.4 is 4.74 Å². The summed E-state index contributed by atoms with van der Waals surface area (Å²) in [4.78, 5) is 25.2. The van der Waals surface area contributed by atoms with Crippen LogP contribution in [0.2, 0.25) is 0 Å². The molecule has 1 amide bonds. The molecule has 0 bridgehead atoms. The highest BCUT2D eigenvalue weighted by Crippen LogP contribution is 2.40. The van der Waals surface area contributed by atoms with Crippen molar-refractivity contribution in [2.45, 2.75) is 38.5 Å². The first-order valence-corrected chi connectivity index (χ1v) is 12.5. The average molecular weight is 512 g/mol. The van der Waals surface area contributed by atoms with E-state index in [1.807, 2.05) is 17.9 Å². The van der Waals surface area contributed by atoms with Gasteiger partial charge in [-0.1, -0.05) is 31.2 Å². The number of hydrogen-bond donors (Lipinski definition) is 0. The predicted molar refractivity (Wildman–Crippen MR) is 133 cm³/mol. The fourth-order valence-corrected chi connectivity index (χ4v) is 5.88. The maximum absolute atomic E-state index is 13.5. The number of hydrogen-bond acceptors (Lipinski definition) is 5. The van der Waals surface area contributed by atoms with E-state index in [-0.39, 0.29) is 17.1 Å². The third-order valence-corrected chi connectivity index (χ3v) is 7.85. The van der Waals surface area contributed by atoms with Crippen molar-refractivity contribution in [3.8, 4) is 16.9 Å². The van der Waals surface area contributed by atoms with E-state index >= 15 is 0 Å². The van der Waals surface area contributed by atoms with Gasteiger partial charge in [-0.2, -0.15) is 0 Å². The second kappa shape index (κ2) is 9.20. The van der Waals surface area contributed by atoms with Crippen LogP contribution in [-0.2, 0) is 5.41 Å². The molecule has 0 atom stereocenters. The van der Waals surface area contributed by atoms with Crippen LogP contribution in [0.15, 0.2) is 60.2 Å². The Morgan fingerprint density at radius 3 is 2.44 bits per heavy atom. The van der Waals surface area contributed by atoms with Gasteiger partial charge < -0.3 is 9.64 Å². The van der Waals surface area contributed by atoms with Gasteiger partial charge in [0.15, 0.2) is 0 Å². The number of thiophene rings is 1. The fourth-order valence-electron chi connectivity index (χ4n) is 4.85. The molecule has 0 unspecified atom stereocenters. The number of carbonyl (C=O) groups is 1. The van der Waals surface area contributed by atoms with Gasteiger partial charge in [0.05, 0.1) is 0 Å². The fraction of sp³-hybridized carbons (Fsp3) is 0.296. The largest absolute Gasteiger partial charge is 0.573 e. The zero-order valence-electron chi connectivity index (χ0n) is 19.8. The van der Waals surface area contributed by atoms with Gasteiger partial charge in [0, 0.05) is 31.0 Å². The first-order chi connectivity index (χ1) is 17.1. The Hall–Kier alpha value is -3.46. The van der Waals surface area contributed by atoms with E-state index in [0.29, 0.717) is 24.2 Å². The molecule has 36 heavy (non-hydrogen) atoms. The maximum atomic E-state index is 13.5. The van der Waals surface area contributed by atoms with Crippen molar-refractivity contribution in [2.24, 2.45) is 0 Å². The standard InChI is InChI=1S/C27H24F3N3O2S/c1-17-20(18-6-8-19(9-7-18)35-27(28,29)30)4-3-5-21(17)25(34)33-14-10-26(2,11-15-33)22-16-36-24-23(22)31-12-13-32-24/h3-9,12-13,16H,10-11,14-15H2,1-2H3. The number of carbonyl (C=O) groups excluding carboxylic acids is 1. The first kappa shape index (κ1) is 24.2. The van der Waals surface area contributed by atoms with Crippen LogP contribution >= 0.6 is 11.3 Å². The molecule has 0 aliphatic carbocycles. The molecule has 1 saturated heterocycles. The van der Waals surface area contributed by atoms with E-state index in [1.54, 1.807) is 48.0 Å². The number of nitrogens with zero attached hydrogens (tertiary/aromatic N) is 3. The second-order valence-corrected chi connectivity index (χ2v) is 10.1. The molecule has 9 heteroatoms. The van der Waals surface area contributed by atoms with Gasteiger partial charge in [-0.25, -0.2) is 4.98 Å². The molecule has 0 spiro atoms. The highest BCUT2D eigenvalue weighted by molar-refractivity contribution is 7.16. The zero-order chi connectivity index (χ0) is 25.5. The molecule has 2 aromatic carbocycles. The normalized spacial score (nSPS) is 15.8. The molecular formula is C27H24F3N3O2S. The summed E-state index contributed by atoms with van der Waals surface area (Å²) in [5, 5.41) is 2.14. The summed E-state index contributed by atoms with van der Waals surface area (Å²) in [5.74, 6) is -0.319. The Morgan fingerprint density at radius 1 is 1.06 bits per heavy atom. The molecule has 0 N–H and O–H groups in total. The van der Waals surface area contributed by atoms with Crippen LogP contribution in [0.3, 0.4) is 0 Å². The number of benzene rings is 2. The molecule has 1 fully saturated rings.